The Hall–Kier alpha value is -0.560. The number of Topliss-reactive ketones (excluding diaryl/α,β-unsaturated/α-hetero) is 1. The number of dihydropyridines is 1. The number of hydrogen-bond acceptors (Lipinski definition) is 3. The van der Waals surface area contributed by atoms with E-state index in [2.05, 4.69) is 21.2 Å². The lowest BCUT2D eigenvalue weighted by atomic mass is 10.1. The van der Waals surface area contributed by atoms with Crippen molar-refractivity contribution in [3.8, 4) is 0 Å². The molecule has 0 fully saturated rings. The number of hydrogen-bond donors (Lipinski definition) is 1. The summed E-state index contributed by atoms with van der Waals surface area (Å²) in [5.41, 5.74) is 0. The summed E-state index contributed by atoms with van der Waals surface area (Å²) in [4.78, 5) is 14.1. The molecule has 0 aromatic rings. The average Bonchev–Trinajstić information content (AvgIpc) is 2.31. The lowest BCUT2D eigenvalue weighted by molar-refractivity contribution is -0.121. The zero-order valence-corrected chi connectivity index (χ0v) is 13.1. The second-order valence-electron chi connectivity index (χ2n) is 3.70. The van der Waals surface area contributed by atoms with Gasteiger partial charge in [0.05, 0.1) is 6.54 Å². The van der Waals surface area contributed by atoms with E-state index in [0.29, 0.717) is 6.54 Å². The van der Waals surface area contributed by atoms with E-state index >= 15 is 0 Å². The van der Waals surface area contributed by atoms with Gasteiger partial charge in [-0.15, -0.1) is 24.0 Å². The maximum absolute atomic E-state index is 12.1. The Balaban J connectivity index is 0.00000144. The van der Waals surface area contributed by atoms with E-state index in [9.17, 15) is 4.79 Å². The van der Waals surface area contributed by atoms with Gasteiger partial charge in [-0.25, -0.2) is 0 Å². The Bertz CT molecular complexity index is 403. The van der Waals surface area contributed by atoms with Crippen LogP contribution in [0.1, 0.15) is 0 Å². The Morgan fingerprint density at radius 2 is 2.18 bits per heavy atom. The van der Waals surface area contributed by atoms with E-state index in [-0.39, 0.29) is 29.8 Å². The van der Waals surface area contributed by atoms with Crippen LogP contribution in [0.5, 0.6) is 0 Å². The highest BCUT2D eigenvalue weighted by atomic mass is 127. The van der Waals surface area contributed by atoms with Gasteiger partial charge in [-0.1, -0.05) is 18.2 Å². The quantitative estimate of drug-likeness (QED) is 0.442. The summed E-state index contributed by atoms with van der Waals surface area (Å²) in [7, 11) is 0. The second kappa shape index (κ2) is 6.39. The first kappa shape index (κ1) is 14.5. The molecule has 1 unspecified atom stereocenters. The predicted molar refractivity (Wildman–Crippen MR) is 83.3 cm³/mol. The Morgan fingerprint density at radius 3 is 2.76 bits per heavy atom. The van der Waals surface area contributed by atoms with Gasteiger partial charge in [0.15, 0.2) is 10.2 Å². The van der Waals surface area contributed by atoms with Gasteiger partial charge in [0.25, 0.3) is 0 Å². The van der Waals surface area contributed by atoms with Crippen LogP contribution >= 0.6 is 39.9 Å². The topological polar surface area (TPSA) is 32.3 Å². The molecule has 1 N–H and O–H groups in total. The molecule has 0 aromatic carbocycles. The average molecular weight is 409 g/mol. The summed E-state index contributed by atoms with van der Waals surface area (Å²) in [6, 6.07) is 0. The summed E-state index contributed by atoms with van der Waals surface area (Å²) in [6.07, 6.45) is 15.2. The number of allylic oxidation sites excluding steroid dienone is 4. The molecule has 17 heavy (non-hydrogen) atoms. The molecule has 0 spiro atoms. The van der Waals surface area contributed by atoms with Gasteiger partial charge >= 0.3 is 0 Å². The van der Waals surface area contributed by atoms with Crippen LogP contribution in [-0.4, -0.2) is 28.2 Å². The molecule has 0 aromatic heterocycles. The van der Waals surface area contributed by atoms with Gasteiger partial charge in [0, 0.05) is 6.54 Å². The van der Waals surface area contributed by atoms with Crippen LogP contribution in [0.4, 0.5) is 0 Å². The highest BCUT2D eigenvalue weighted by Crippen LogP contribution is 2.21. The molecule has 2 heterocycles. The molecule has 3 nitrogen and oxygen atoms in total. The summed E-state index contributed by atoms with van der Waals surface area (Å²) in [6.45, 7) is 1.17. The third kappa shape index (κ3) is 3.70. The number of alkyl halides is 1. The smallest absolute Gasteiger partial charge is 0.192 e. The zero-order chi connectivity index (χ0) is 11.4. The van der Waals surface area contributed by atoms with Gasteiger partial charge in [0.1, 0.15) is 0 Å². The van der Waals surface area contributed by atoms with Gasteiger partial charge in [0.2, 0.25) is 0 Å². The first-order valence-electron chi connectivity index (χ1n) is 5.12. The van der Waals surface area contributed by atoms with Crippen LogP contribution in [0.3, 0.4) is 0 Å². The lowest BCUT2D eigenvalue weighted by Gasteiger charge is -2.28. The second-order valence-corrected chi connectivity index (χ2v) is 4.95. The van der Waals surface area contributed by atoms with E-state index in [1.807, 2.05) is 47.6 Å². The van der Waals surface area contributed by atoms with E-state index in [4.69, 9.17) is 0 Å². The van der Waals surface area contributed by atoms with Crippen LogP contribution in [0.15, 0.2) is 48.9 Å². The Labute approximate surface area is 126 Å². The van der Waals surface area contributed by atoms with Crippen LogP contribution < -0.4 is 5.32 Å². The van der Waals surface area contributed by atoms with Crippen molar-refractivity contribution in [1.29, 1.82) is 0 Å². The molecular formula is C12H14BrIN2O. The molecule has 2 aliphatic heterocycles. The molecule has 92 valence electrons. The number of carbonyl (C=O) groups is 1. The number of ketones is 1. The van der Waals surface area contributed by atoms with Gasteiger partial charge < -0.3 is 10.2 Å². The first-order chi connectivity index (χ1) is 7.71. The molecular weight excluding hydrogens is 395 g/mol. The van der Waals surface area contributed by atoms with E-state index in [0.717, 1.165) is 6.54 Å². The maximum Gasteiger partial charge on any atom is 0.192 e. The summed E-state index contributed by atoms with van der Waals surface area (Å²) in [5, 5.41) is 3.02. The van der Waals surface area contributed by atoms with Crippen LogP contribution in [0, 0.1) is 0 Å². The van der Waals surface area contributed by atoms with Crippen molar-refractivity contribution < 1.29 is 4.79 Å². The van der Waals surface area contributed by atoms with Gasteiger partial charge in [-0.05, 0) is 46.6 Å². The Morgan fingerprint density at radius 1 is 1.35 bits per heavy atom. The highest BCUT2D eigenvalue weighted by Gasteiger charge is 2.32. The fraction of sp³-hybridized carbons (Fsp3) is 0.250. The van der Waals surface area contributed by atoms with Crippen molar-refractivity contribution in [3.63, 3.8) is 0 Å². The first-order valence-corrected chi connectivity index (χ1v) is 5.92. The lowest BCUT2D eigenvalue weighted by Crippen LogP contribution is -2.47. The molecule has 0 saturated carbocycles. The third-order valence-electron chi connectivity index (χ3n) is 2.46. The molecule has 0 aliphatic carbocycles. The third-order valence-corrected chi connectivity index (χ3v) is 3.40. The molecule has 1 atom stereocenters. The number of nitrogens with one attached hydrogen (secondary N) is 1. The van der Waals surface area contributed by atoms with Crippen molar-refractivity contribution in [2.45, 2.75) is 4.45 Å². The van der Waals surface area contributed by atoms with Crippen molar-refractivity contribution in [2.24, 2.45) is 0 Å². The fourth-order valence-corrected chi connectivity index (χ4v) is 1.97. The van der Waals surface area contributed by atoms with Crippen molar-refractivity contribution >= 4 is 45.7 Å². The van der Waals surface area contributed by atoms with E-state index < -0.39 is 4.45 Å². The zero-order valence-electron chi connectivity index (χ0n) is 9.17. The molecule has 2 aliphatic rings. The van der Waals surface area contributed by atoms with E-state index in [1.54, 1.807) is 6.20 Å². The van der Waals surface area contributed by atoms with Crippen molar-refractivity contribution in [3.05, 3.63) is 48.9 Å². The molecule has 5 heteroatoms. The monoisotopic (exact) mass is 408 g/mol. The Kier molecular flexibility index (Phi) is 5.45. The predicted octanol–water partition coefficient (Wildman–Crippen LogP) is 2.32. The van der Waals surface area contributed by atoms with E-state index in [1.165, 1.54) is 0 Å². The molecule has 2 rings (SSSR count). The summed E-state index contributed by atoms with van der Waals surface area (Å²) < 4.78 is -0.753. The molecule has 0 radical (unpaired) electrons. The number of rotatable bonds is 3. The minimum Gasteiger partial charge on any atom is -0.367 e. The van der Waals surface area contributed by atoms with Crippen LogP contribution in [0.25, 0.3) is 0 Å². The van der Waals surface area contributed by atoms with Crippen molar-refractivity contribution in [1.82, 2.24) is 10.2 Å². The minimum atomic E-state index is -0.753. The summed E-state index contributed by atoms with van der Waals surface area (Å²) in [5.74, 6) is 0.0908. The normalized spacial score (nSPS) is 25.4. The fourth-order valence-electron chi connectivity index (χ4n) is 1.56. The number of carbonyl (C=O) groups excluding carboxylic acids is 1. The van der Waals surface area contributed by atoms with Gasteiger partial charge in [-0.3, -0.25) is 4.79 Å². The number of nitrogens with zero attached hydrogens (tertiary/aromatic N) is 1. The molecule has 0 saturated heterocycles. The molecule has 0 amide bonds. The standard InChI is InChI=1S/C12H13BrN2O.HI/c13-12(6-2-3-7-14-12)11(16)10-15-8-4-1-5-9-15;/h1-8,14H,9-10H2;1H. The maximum atomic E-state index is 12.1. The molecule has 0 bridgehead atoms. The van der Waals surface area contributed by atoms with Crippen LogP contribution in [0.2, 0.25) is 0 Å². The number of halogens is 2. The van der Waals surface area contributed by atoms with Crippen molar-refractivity contribution in [2.75, 3.05) is 13.1 Å². The SMILES string of the molecule is I.O=C(CN1C=CC=CC1)C1(Br)C=CC=CN1. The van der Waals surface area contributed by atoms with Crippen LogP contribution in [-0.2, 0) is 4.79 Å². The largest absolute Gasteiger partial charge is 0.367 e. The van der Waals surface area contributed by atoms with Gasteiger partial charge in [-0.2, -0.15) is 0 Å². The highest BCUT2D eigenvalue weighted by molar-refractivity contribution is 14.0. The summed E-state index contributed by atoms with van der Waals surface area (Å²) >= 11 is 3.42. The minimum absolute atomic E-state index is 0.